The molecule has 0 amide bonds. The smallest absolute Gasteiger partial charge is 0.0705 e. The van der Waals surface area contributed by atoms with Gasteiger partial charge in [0.15, 0.2) is 0 Å². The molecule has 2 aromatic rings. The van der Waals surface area contributed by atoms with Crippen LogP contribution in [0, 0.1) is 0 Å². The van der Waals surface area contributed by atoms with E-state index in [4.69, 9.17) is 5.84 Å². The molecule has 0 bridgehead atoms. The van der Waals surface area contributed by atoms with E-state index in [9.17, 15) is 0 Å². The molecule has 1 aromatic heterocycles. The first-order chi connectivity index (χ1) is 10.1. The van der Waals surface area contributed by atoms with Crippen LogP contribution in [-0.4, -0.2) is 29.5 Å². The van der Waals surface area contributed by atoms with Gasteiger partial charge in [0, 0.05) is 17.1 Å². The van der Waals surface area contributed by atoms with Gasteiger partial charge in [0.25, 0.3) is 0 Å². The molecule has 0 radical (unpaired) electrons. The molecular weight excluding hydrogens is 260 g/mol. The van der Waals surface area contributed by atoms with Crippen LogP contribution in [0.3, 0.4) is 0 Å². The molecule has 0 aliphatic heterocycles. The second kappa shape index (κ2) is 6.52. The molecule has 0 saturated heterocycles. The molecule has 0 spiro atoms. The Morgan fingerprint density at radius 3 is 2.52 bits per heavy atom. The van der Waals surface area contributed by atoms with Crippen LogP contribution >= 0.6 is 0 Å². The van der Waals surface area contributed by atoms with Crippen molar-refractivity contribution in [2.75, 3.05) is 14.1 Å². The number of nitrogens with one attached hydrogen (secondary N) is 1. The van der Waals surface area contributed by atoms with E-state index in [1.165, 1.54) is 5.56 Å². The standard InChI is InChI=1S/C17H26N4/c1-5-17(6-2,21(3)4)16(20-18)14-10-9-13-8-7-11-19-15(13)12-14/h7-12,16,20H,5-6,18H2,1-4H3. The van der Waals surface area contributed by atoms with Gasteiger partial charge in [0.05, 0.1) is 11.6 Å². The summed E-state index contributed by atoms with van der Waals surface area (Å²) in [5, 5.41) is 1.15. The zero-order chi connectivity index (χ0) is 15.5. The van der Waals surface area contributed by atoms with E-state index in [0.29, 0.717) is 0 Å². The first kappa shape index (κ1) is 15.9. The summed E-state index contributed by atoms with van der Waals surface area (Å²) >= 11 is 0. The minimum atomic E-state index is -0.0167. The molecule has 3 N–H and O–H groups in total. The number of likely N-dealkylation sites (N-methyl/N-ethyl adjacent to an activating group) is 1. The molecule has 1 heterocycles. The van der Waals surface area contributed by atoms with E-state index in [-0.39, 0.29) is 11.6 Å². The summed E-state index contributed by atoms with van der Waals surface area (Å²) in [5.74, 6) is 5.93. The highest BCUT2D eigenvalue weighted by atomic mass is 15.3. The Kier molecular flexibility index (Phi) is 4.93. The second-order valence-corrected chi connectivity index (χ2v) is 5.76. The SMILES string of the molecule is CCC(CC)(C(NN)c1ccc2cccnc2c1)N(C)C. The summed E-state index contributed by atoms with van der Waals surface area (Å²) in [5.41, 5.74) is 5.21. The average molecular weight is 286 g/mol. The number of pyridine rings is 1. The first-order valence-electron chi connectivity index (χ1n) is 7.57. The van der Waals surface area contributed by atoms with Gasteiger partial charge in [0.1, 0.15) is 0 Å². The molecule has 1 atom stereocenters. The summed E-state index contributed by atoms with van der Waals surface area (Å²) in [7, 11) is 4.24. The van der Waals surface area contributed by atoms with Crippen LogP contribution in [0.15, 0.2) is 36.5 Å². The molecule has 0 fully saturated rings. The van der Waals surface area contributed by atoms with E-state index < -0.39 is 0 Å². The number of benzene rings is 1. The summed E-state index contributed by atoms with van der Waals surface area (Å²) in [6.07, 6.45) is 3.87. The number of nitrogens with two attached hydrogens (primary N) is 1. The lowest BCUT2D eigenvalue weighted by Crippen LogP contribution is -2.54. The minimum Gasteiger partial charge on any atom is -0.302 e. The van der Waals surface area contributed by atoms with Crippen molar-refractivity contribution in [3.63, 3.8) is 0 Å². The lowest BCUT2D eigenvalue weighted by molar-refractivity contribution is 0.0882. The molecule has 114 valence electrons. The summed E-state index contributed by atoms with van der Waals surface area (Å²) < 4.78 is 0. The van der Waals surface area contributed by atoms with Gasteiger partial charge in [-0.05, 0) is 44.6 Å². The van der Waals surface area contributed by atoms with Gasteiger partial charge in [-0.25, -0.2) is 0 Å². The number of aromatic nitrogens is 1. The highest BCUT2D eigenvalue weighted by Crippen LogP contribution is 2.36. The van der Waals surface area contributed by atoms with Gasteiger partial charge in [-0.2, -0.15) is 0 Å². The Morgan fingerprint density at radius 1 is 1.24 bits per heavy atom. The lowest BCUT2D eigenvalue weighted by atomic mass is 9.79. The molecule has 0 saturated carbocycles. The van der Waals surface area contributed by atoms with E-state index in [2.05, 4.69) is 67.5 Å². The maximum atomic E-state index is 5.93. The fourth-order valence-corrected chi connectivity index (χ4v) is 3.37. The number of rotatable bonds is 6. The summed E-state index contributed by atoms with van der Waals surface area (Å²) in [6.45, 7) is 4.43. The van der Waals surface area contributed by atoms with Crippen LogP contribution in [0.2, 0.25) is 0 Å². The summed E-state index contributed by atoms with van der Waals surface area (Å²) in [6, 6.07) is 10.5. The third-order valence-corrected chi connectivity index (χ3v) is 4.78. The number of nitrogens with zero attached hydrogens (tertiary/aromatic N) is 2. The Balaban J connectivity index is 2.51. The molecule has 0 aliphatic carbocycles. The normalized spacial score (nSPS) is 13.8. The Bertz CT molecular complexity index is 590. The molecule has 0 aliphatic rings. The van der Waals surface area contributed by atoms with Crippen molar-refractivity contribution in [1.82, 2.24) is 15.3 Å². The fraction of sp³-hybridized carbons (Fsp3) is 0.471. The lowest BCUT2D eigenvalue weighted by Gasteiger charge is -2.45. The average Bonchev–Trinajstić information content (AvgIpc) is 2.52. The molecule has 21 heavy (non-hydrogen) atoms. The predicted octanol–water partition coefficient (Wildman–Crippen LogP) is 2.86. The molecule has 1 aromatic carbocycles. The molecule has 1 unspecified atom stereocenters. The van der Waals surface area contributed by atoms with Crippen molar-refractivity contribution < 1.29 is 0 Å². The third-order valence-electron chi connectivity index (χ3n) is 4.78. The predicted molar refractivity (Wildman–Crippen MR) is 88.8 cm³/mol. The van der Waals surface area contributed by atoms with Crippen molar-refractivity contribution in [1.29, 1.82) is 0 Å². The maximum Gasteiger partial charge on any atom is 0.0705 e. The maximum absolute atomic E-state index is 5.93. The van der Waals surface area contributed by atoms with Crippen LogP contribution in [0.25, 0.3) is 10.9 Å². The monoisotopic (exact) mass is 286 g/mol. The van der Waals surface area contributed by atoms with Crippen molar-refractivity contribution >= 4 is 10.9 Å². The van der Waals surface area contributed by atoms with Crippen LogP contribution < -0.4 is 11.3 Å². The van der Waals surface area contributed by atoms with E-state index >= 15 is 0 Å². The van der Waals surface area contributed by atoms with Gasteiger partial charge in [0.2, 0.25) is 0 Å². The Labute approximate surface area is 127 Å². The van der Waals surface area contributed by atoms with Gasteiger partial charge >= 0.3 is 0 Å². The third kappa shape index (κ3) is 2.79. The zero-order valence-electron chi connectivity index (χ0n) is 13.4. The van der Waals surface area contributed by atoms with Crippen molar-refractivity contribution in [3.8, 4) is 0 Å². The number of hydrogen-bond donors (Lipinski definition) is 2. The van der Waals surface area contributed by atoms with Crippen LogP contribution in [-0.2, 0) is 0 Å². The van der Waals surface area contributed by atoms with Crippen molar-refractivity contribution in [2.24, 2.45) is 5.84 Å². The largest absolute Gasteiger partial charge is 0.302 e. The van der Waals surface area contributed by atoms with Gasteiger partial charge in [-0.1, -0.05) is 32.0 Å². The molecular formula is C17H26N4. The van der Waals surface area contributed by atoms with E-state index in [0.717, 1.165) is 23.7 Å². The molecule has 4 heteroatoms. The number of hydrogen-bond acceptors (Lipinski definition) is 4. The summed E-state index contributed by atoms with van der Waals surface area (Å²) in [4.78, 5) is 6.73. The Hall–Kier alpha value is -1.49. The zero-order valence-corrected chi connectivity index (χ0v) is 13.4. The highest BCUT2D eigenvalue weighted by molar-refractivity contribution is 5.79. The minimum absolute atomic E-state index is 0.0167. The van der Waals surface area contributed by atoms with Gasteiger partial charge < -0.3 is 4.90 Å². The van der Waals surface area contributed by atoms with E-state index in [1.54, 1.807) is 0 Å². The highest BCUT2D eigenvalue weighted by Gasteiger charge is 2.38. The topological polar surface area (TPSA) is 54.2 Å². The van der Waals surface area contributed by atoms with Crippen molar-refractivity contribution in [2.45, 2.75) is 38.3 Å². The van der Waals surface area contributed by atoms with E-state index in [1.807, 2.05) is 12.3 Å². The van der Waals surface area contributed by atoms with Crippen LogP contribution in [0.4, 0.5) is 0 Å². The Morgan fingerprint density at radius 2 is 1.95 bits per heavy atom. The van der Waals surface area contributed by atoms with Crippen LogP contribution in [0.1, 0.15) is 38.3 Å². The quantitative estimate of drug-likeness (QED) is 0.633. The molecule has 2 rings (SSSR count). The van der Waals surface area contributed by atoms with Gasteiger partial charge in [-0.15, -0.1) is 0 Å². The molecule has 4 nitrogen and oxygen atoms in total. The number of fused-ring (bicyclic) bond motifs is 1. The number of hydrazine groups is 1. The first-order valence-corrected chi connectivity index (χ1v) is 7.57. The van der Waals surface area contributed by atoms with Crippen molar-refractivity contribution in [3.05, 3.63) is 42.1 Å². The van der Waals surface area contributed by atoms with Crippen LogP contribution in [0.5, 0.6) is 0 Å². The second-order valence-electron chi connectivity index (χ2n) is 5.76. The van der Waals surface area contributed by atoms with Gasteiger partial charge in [-0.3, -0.25) is 16.3 Å². The fourth-order valence-electron chi connectivity index (χ4n) is 3.37.